The largest absolute Gasteiger partial charge is 0.462 e. The summed E-state index contributed by atoms with van der Waals surface area (Å²) in [5, 5.41) is 0. The Hall–Kier alpha value is -1.10. The second-order valence-corrected chi connectivity index (χ2v) is 18.2. The highest BCUT2D eigenvalue weighted by Gasteiger charge is 2.17. The van der Waals surface area contributed by atoms with Gasteiger partial charge in [-0.25, -0.2) is 0 Å². The lowest BCUT2D eigenvalue weighted by Crippen LogP contribution is -2.30. The van der Waals surface area contributed by atoms with Gasteiger partial charge in [-0.3, -0.25) is 9.59 Å². The molecule has 346 valence electrons. The minimum absolute atomic E-state index is 0.0975. The summed E-state index contributed by atoms with van der Waals surface area (Å²) in [6.07, 6.45) is 55.4. The van der Waals surface area contributed by atoms with Crippen LogP contribution < -0.4 is 0 Å². The van der Waals surface area contributed by atoms with Crippen LogP contribution in [0.5, 0.6) is 0 Å². The highest BCUT2D eigenvalue weighted by atomic mass is 16.6. The lowest BCUT2D eigenvalue weighted by molar-refractivity contribution is -0.163. The van der Waals surface area contributed by atoms with Crippen LogP contribution in [0.3, 0.4) is 0 Å². The molecule has 58 heavy (non-hydrogen) atoms. The molecule has 0 saturated carbocycles. The fourth-order valence-corrected chi connectivity index (χ4v) is 8.16. The topological polar surface area (TPSA) is 61.8 Å². The van der Waals surface area contributed by atoms with Crippen molar-refractivity contribution in [3.05, 3.63) is 0 Å². The van der Waals surface area contributed by atoms with Crippen LogP contribution in [0, 0.1) is 0 Å². The minimum Gasteiger partial charge on any atom is -0.462 e. The van der Waals surface area contributed by atoms with Crippen molar-refractivity contribution in [3.8, 4) is 0 Å². The van der Waals surface area contributed by atoms with E-state index in [0.29, 0.717) is 26.1 Å². The molecular weight excluding hydrogens is 717 g/mol. The molecule has 0 bridgehead atoms. The van der Waals surface area contributed by atoms with Crippen molar-refractivity contribution in [2.75, 3.05) is 19.8 Å². The standard InChI is InChI=1S/C53H104O5/c1-4-7-10-13-16-19-21-23-25-27-28-30-32-35-37-40-43-46-52(54)57-50-51(58-53(55)47-44-41-38-34-18-15-12-9-6-3)49-56-48-45-42-39-36-33-31-29-26-24-22-20-17-14-11-8-5-2/h51H,4-50H2,1-3H3. The molecule has 0 heterocycles. The first-order valence-electron chi connectivity index (χ1n) is 26.6. The summed E-state index contributed by atoms with van der Waals surface area (Å²) in [6.45, 7) is 7.89. The van der Waals surface area contributed by atoms with Gasteiger partial charge in [0.15, 0.2) is 6.10 Å². The van der Waals surface area contributed by atoms with E-state index in [1.807, 2.05) is 0 Å². The average molecular weight is 821 g/mol. The molecule has 0 aromatic heterocycles. The van der Waals surface area contributed by atoms with Gasteiger partial charge in [-0.15, -0.1) is 0 Å². The molecule has 0 aliphatic rings. The van der Waals surface area contributed by atoms with Gasteiger partial charge in [0.25, 0.3) is 0 Å². The molecule has 1 unspecified atom stereocenters. The van der Waals surface area contributed by atoms with Crippen LogP contribution in [0.15, 0.2) is 0 Å². The van der Waals surface area contributed by atoms with Gasteiger partial charge >= 0.3 is 11.9 Å². The molecule has 1 atom stereocenters. The maximum absolute atomic E-state index is 12.7. The minimum atomic E-state index is -0.522. The Labute approximate surface area is 363 Å². The van der Waals surface area contributed by atoms with Crippen LogP contribution in [0.4, 0.5) is 0 Å². The Kier molecular flexibility index (Phi) is 49.3. The monoisotopic (exact) mass is 821 g/mol. The predicted octanol–water partition coefficient (Wildman–Crippen LogP) is 17.7. The lowest BCUT2D eigenvalue weighted by Gasteiger charge is -2.18. The smallest absolute Gasteiger partial charge is 0.306 e. The normalized spacial score (nSPS) is 12.0. The van der Waals surface area contributed by atoms with Crippen LogP contribution in [-0.4, -0.2) is 37.9 Å². The molecule has 0 aliphatic carbocycles. The fourth-order valence-electron chi connectivity index (χ4n) is 8.16. The van der Waals surface area contributed by atoms with E-state index in [4.69, 9.17) is 14.2 Å². The number of unbranched alkanes of at least 4 members (excludes halogenated alkanes) is 39. The molecule has 0 saturated heterocycles. The molecular formula is C53H104O5. The van der Waals surface area contributed by atoms with Crippen molar-refractivity contribution < 1.29 is 23.8 Å². The zero-order chi connectivity index (χ0) is 42.1. The SMILES string of the molecule is CCCCCCCCCCCCCCCCCCCC(=O)OCC(COCCCCCCCCCCCCCCCCCC)OC(=O)CCCCCCCCCCC. The number of hydrogen-bond donors (Lipinski definition) is 0. The Morgan fingerprint density at radius 2 is 0.569 bits per heavy atom. The molecule has 0 radical (unpaired) electrons. The molecule has 5 heteroatoms. The average Bonchev–Trinajstić information content (AvgIpc) is 3.22. The number of hydrogen-bond acceptors (Lipinski definition) is 5. The zero-order valence-electron chi connectivity index (χ0n) is 39.9. The Morgan fingerprint density at radius 3 is 0.879 bits per heavy atom. The summed E-state index contributed by atoms with van der Waals surface area (Å²) in [7, 11) is 0. The maximum Gasteiger partial charge on any atom is 0.306 e. The molecule has 0 aromatic rings. The first-order chi connectivity index (χ1) is 28.6. The summed E-state index contributed by atoms with van der Waals surface area (Å²) in [4.78, 5) is 25.3. The molecule has 0 spiro atoms. The van der Waals surface area contributed by atoms with E-state index >= 15 is 0 Å². The molecule has 0 N–H and O–H groups in total. The van der Waals surface area contributed by atoms with E-state index in [0.717, 1.165) is 32.1 Å². The van der Waals surface area contributed by atoms with E-state index < -0.39 is 6.10 Å². The number of esters is 2. The zero-order valence-corrected chi connectivity index (χ0v) is 39.9. The van der Waals surface area contributed by atoms with E-state index in [9.17, 15) is 9.59 Å². The summed E-state index contributed by atoms with van der Waals surface area (Å²) < 4.78 is 17.4. The van der Waals surface area contributed by atoms with E-state index in [1.54, 1.807) is 0 Å². The van der Waals surface area contributed by atoms with Crippen LogP contribution >= 0.6 is 0 Å². The summed E-state index contributed by atoms with van der Waals surface area (Å²) in [6, 6.07) is 0. The van der Waals surface area contributed by atoms with Gasteiger partial charge in [-0.2, -0.15) is 0 Å². The van der Waals surface area contributed by atoms with E-state index in [-0.39, 0.29) is 18.5 Å². The van der Waals surface area contributed by atoms with E-state index in [1.165, 1.54) is 238 Å². The van der Waals surface area contributed by atoms with Crippen LogP contribution in [0.2, 0.25) is 0 Å². The number of ether oxygens (including phenoxy) is 3. The highest BCUT2D eigenvalue weighted by molar-refractivity contribution is 5.70. The third-order valence-corrected chi connectivity index (χ3v) is 12.1. The Morgan fingerprint density at radius 1 is 0.310 bits per heavy atom. The van der Waals surface area contributed by atoms with Gasteiger partial charge in [0.1, 0.15) is 6.61 Å². The molecule has 0 aromatic carbocycles. The molecule has 0 fully saturated rings. The van der Waals surface area contributed by atoms with Crippen molar-refractivity contribution in [1.29, 1.82) is 0 Å². The quantitative estimate of drug-likeness (QED) is 0.0452. The third-order valence-electron chi connectivity index (χ3n) is 12.1. The first-order valence-corrected chi connectivity index (χ1v) is 26.6. The molecule has 0 aliphatic heterocycles. The van der Waals surface area contributed by atoms with Crippen molar-refractivity contribution in [2.45, 2.75) is 309 Å². The molecule has 0 rings (SSSR count). The van der Waals surface area contributed by atoms with Gasteiger partial charge in [0.05, 0.1) is 6.61 Å². The summed E-state index contributed by atoms with van der Waals surface area (Å²) in [5.41, 5.74) is 0. The Bertz CT molecular complexity index is 799. The lowest BCUT2D eigenvalue weighted by atomic mass is 10.0. The second-order valence-electron chi connectivity index (χ2n) is 18.2. The first kappa shape index (κ1) is 56.9. The van der Waals surface area contributed by atoms with Gasteiger partial charge in [0.2, 0.25) is 0 Å². The van der Waals surface area contributed by atoms with E-state index in [2.05, 4.69) is 20.8 Å². The molecule has 5 nitrogen and oxygen atoms in total. The van der Waals surface area contributed by atoms with Gasteiger partial charge < -0.3 is 14.2 Å². The number of carbonyl (C=O) groups excluding carboxylic acids is 2. The van der Waals surface area contributed by atoms with Crippen LogP contribution in [0.1, 0.15) is 303 Å². The summed E-state index contributed by atoms with van der Waals surface area (Å²) >= 11 is 0. The van der Waals surface area contributed by atoms with Crippen LogP contribution in [0.25, 0.3) is 0 Å². The van der Waals surface area contributed by atoms with Crippen LogP contribution in [-0.2, 0) is 23.8 Å². The maximum atomic E-state index is 12.7. The van der Waals surface area contributed by atoms with Crippen molar-refractivity contribution in [3.63, 3.8) is 0 Å². The van der Waals surface area contributed by atoms with Crippen molar-refractivity contribution in [2.24, 2.45) is 0 Å². The second kappa shape index (κ2) is 50.3. The van der Waals surface area contributed by atoms with Gasteiger partial charge in [0, 0.05) is 19.4 Å². The van der Waals surface area contributed by atoms with Gasteiger partial charge in [-0.05, 0) is 19.3 Å². The van der Waals surface area contributed by atoms with Crippen molar-refractivity contribution >= 4 is 11.9 Å². The Balaban J connectivity index is 4.10. The third kappa shape index (κ3) is 47.6. The summed E-state index contributed by atoms with van der Waals surface area (Å²) in [5.74, 6) is -0.373. The van der Waals surface area contributed by atoms with Crippen molar-refractivity contribution in [1.82, 2.24) is 0 Å². The predicted molar refractivity (Wildman–Crippen MR) is 252 cm³/mol. The fraction of sp³-hybridized carbons (Fsp3) is 0.962. The number of rotatable bonds is 50. The molecule has 0 amide bonds. The van der Waals surface area contributed by atoms with Gasteiger partial charge in [-0.1, -0.05) is 271 Å². The highest BCUT2D eigenvalue weighted by Crippen LogP contribution is 2.17. The number of carbonyl (C=O) groups is 2.